The molecule has 3 fully saturated rings. The molecule has 2 atom stereocenters. The molecule has 2 saturated heterocycles. The van der Waals surface area contributed by atoms with E-state index >= 15 is 0 Å². The van der Waals surface area contributed by atoms with Crippen LogP contribution in [0.3, 0.4) is 0 Å². The lowest BCUT2D eigenvalue weighted by Crippen LogP contribution is -2.66. The Morgan fingerprint density at radius 2 is 1.66 bits per heavy atom. The lowest BCUT2D eigenvalue weighted by molar-refractivity contribution is 0.0664. The van der Waals surface area contributed by atoms with Gasteiger partial charge in [0.05, 0.1) is 18.4 Å². The van der Waals surface area contributed by atoms with Crippen molar-refractivity contribution >= 4 is 23.3 Å². The maximum atomic E-state index is 14.1. The van der Waals surface area contributed by atoms with E-state index in [2.05, 4.69) is 44.8 Å². The molecular formula is C33H45FN8O2. The third kappa shape index (κ3) is 6.30. The van der Waals surface area contributed by atoms with Crippen LogP contribution < -0.4 is 16.4 Å². The third-order valence-electron chi connectivity index (χ3n) is 10.0. The van der Waals surface area contributed by atoms with Crippen LogP contribution in [0.15, 0.2) is 36.7 Å². The van der Waals surface area contributed by atoms with Crippen LogP contribution in [0.5, 0.6) is 0 Å². The van der Waals surface area contributed by atoms with E-state index in [0.29, 0.717) is 5.56 Å². The van der Waals surface area contributed by atoms with Crippen LogP contribution in [0, 0.1) is 5.82 Å². The van der Waals surface area contributed by atoms with Crippen molar-refractivity contribution in [3.63, 3.8) is 0 Å². The SMILES string of the molecule is CN1CCN(C(=O)c2ccc(C3CCNC4(CCCCCCCCC4)C3NC(=O)c3c(N)nn4cc(F)cnc34)cc2)CC1. The number of carbonyl (C=O) groups excluding carboxylic acids is 2. The van der Waals surface area contributed by atoms with Crippen LogP contribution in [0.4, 0.5) is 10.2 Å². The summed E-state index contributed by atoms with van der Waals surface area (Å²) in [6.45, 7) is 4.07. The molecule has 0 bridgehead atoms. The first-order valence-electron chi connectivity index (χ1n) is 16.3. The second-order valence-corrected chi connectivity index (χ2v) is 12.9. The number of carbonyl (C=O) groups is 2. The van der Waals surface area contributed by atoms with Crippen molar-refractivity contribution in [1.29, 1.82) is 0 Å². The highest BCUT2D eigenvalue weighted by atomic mass is 19.1. The van der Waals surface area contributed by atoms with Crippen molar-refractivity contribution in [2.45, 2.75) is 81.7 Å². The largest absolute Gasteiger partial charge is 0.381 e. The fraction of sp³-hybridized carbons (Fsp3) is 0.576. The molecule has 4 heterocycles. The number of fused-ring (bicyclic) bond motifs is 1. The summed E-state index contributed by atoms with van der Waals surface area (Å²) in [5.41, 5.74) is 8.12. The molecule has 11 heteroatoms. The van der Waals surface area contributed by atoms with Gasteiger partial charge >= 0.3 is 0 Å². The Morgan fingerprint density at radius 1 is 1.00 bits per heavy atom. The molecule has 2 unspecified atom stereocenters. The maximum absolute atomic E-state index is 14.1. The summed E-state index contributed by atoms with van der Waals surface area (Å²) >= 11 is 0. The zero-order chi connectivity index (χ0) is 30.7. The number of piperidine rings is 1. The fourth-order valence-electron chi connectivity index (χ4n) is 7.54. The van der Waals surface area contributed by atoms with Gasteiger partial charge in [-0.15, -0.1) is 5.10 Å². The molecule has 2 aromatic heterocycles. The molecule has 44 heavy (non-hydrogen) atoms. The second-order valence-electron chi connectivity index (χ2n) is 12.9. The minimum absolute atomic E-state index is 0.0210. The van der Waals surface area contributed by atoms with Gasteiger partial charge in [0.25, 0.3) is 11.8 Å². The number of nitrogens with one attached hydrogen (secondary N) is 2. The van der Waals surface area contributed by atoms with Crippen molar-refractivity contribution in [2.75, 3.05) is 45.5 Å². The zero-order valence-corrected chi connectivity index (χ0v) is 25.7. The first kappa shape index (κ1) is 30.5. The molecule has 4 N–H and O–H groups in total. The van der Waals surface area contributed by atoms with Crippen LogP contribution in [0.25, 0.3) is 5.65 Å². The van der Waals surface area contributed by atoms with Gasteiger partial charge in [0.2, 0.25) is 0 Å². The molecule has 1 aromatic carbocycles. The van der Waals surface area contributed by atoms with Crippen molar-refractivity contribution in [3.05, 3.63) is 59.2 Å². The first-order chi connectivity index (χ1) is 21.3. The van der Waals surface area contributed by atoms with E-state index in [1.807, 2.05) is 17.0 Å². The van der Waals surface area contributed by atoms with Gasteiger partial charge in [0.15, 0.2) is 17.3 Å². The summed E-state index contributed by atoms with van der Waals surface area (Å²) in [7, 11) is 2.08. The van der Waals surface area contributed by atoms with Gasteiger partial charge < -0.3 is 26.2 Å². The van der Waals surface area contributed by atoms with Gasteiger partial charge in [-0.3, -0.25) is 9.59 Å². The summed E-state index contributed by atoms with van der Waals surface area (Å²) in [6, 6.07) is 7.80. The lowest BCUT2D eigenvalue weighted by atomic mass is 9.68. The van der Waals surface area contributed by atoms with E-state index < -0.39 is 5.82 Å². The third-order valence-corrected chi connectivity index (χ3v) is 10.0. The van der Waals surface area contributed by atoms with E-state index in [0.717, 1.165) is 76.6 Å². The molecule has 3 aromatic rings. The monoisotopic (exact) mass is 604 g/mol. The van der Waals surface area contributed by atoms with Crippen molar-refractivity contribution in [1.82, 2.24) is 35.0 Å². The smallest absolute Gasteiger partial charge is 0.259 e. The number of benzene rings is 1. The Kier molecular flexibility index (Phi) is 9.13. The molecule has 2 amide bonds. The van der Waals surface area contributed by atoms with Gasteiger partial charge in [-0.2, -0.15) is 0 Å². The Morgan fingerprint density at radius 3 is 2.34 bits per heavy atom. The minimum Gasteiger partial charge on any atom is -0.381 e. The Labute approximate surface area is 258 Å². The standard InChI is InChI=1S/C33H45FN8O2/c1-40-17-19-41(20-18-40)32(44)24-11-9-23(10-12-24)26-13-16-37-33(14-7-5-3-2-4-6-8-15-33)28(26)38-31(43)27-29(35)39-42-22-25(34)21-36-30(27)42/h9-12,21-22,26,28,37H,2-8,13-20H2,1H3,(H2,35,39)(H,38,43). The number of hydrogen-bond donors (Lipinski definition) is 3. The number of aromatic nitrogens is 3. The summed E-state index contributed by atoms with van der Waals surface area (Å²) < 4.78 is 15.1. The van der Waals surface area contributed by atoms with Crippen LogP contribution in [0.1, 0.15) is 96.4 Å². The molecule has 1 spiro atoms. The van der Waals surface area contributed by atoms with Crippen LogP contribution in [-0.2, 0) is 0 Å². The fourth-order valence-corrected chi connectivity index (χ4v) is 7.54. The molecular weight excluding hydrogens is 559 g/mol. The number of nitrogen functional groups attached to an aromatic ring is 1. The Balaban J connectivity index is 1.31. The second kappa shape index (κ2) is 13.2. The maximum Gasteiger partial charge on any atom is 0.259 e. The summed E-state index contributed by atoms with van der Waals surface area (Å²) in [5, 5.41) is 11.5. The number of anilines is 1. The molecule has 6 rings (SSSR count). The average molecular weight is 605 g/mol. The van der Waals surface area contributed by atoms with Gasteiger partial charge in [0, 0.05) is 43.2 Å². The number of piperazine rings is 1. The predicted octanol–water partition coefficient (Wildman–Crippen LogP) is 3.98. The topological polar surface area (TPSA) is 121 Å². The Hall–Kier alpha value is -3.57. The van der Waals surface area contributed by atoms with Crippen molar-refractivity contribution in [3.8, 4) is 0 Å². The number of amides is 2. The lowest BCUT2D eigenvalue weighted by Gasteiger charge is -2.50. The molecule has 3 aliphatic rings. The van der Waals surface area contributed by atoms with E-state index in [9.17, 15) is 14.0 Å². The van der Waals surface area contributed by atoms with Gasteiger partial charge in [-0.05, 0) is 50.6 Å². The number of likely N-dealkylation sites (N-methyl/N-ethyl adjacent to an activating group) is 1. The molecule has 2 aliphatic heterocycles. The van der Waals surface area contributed by atoms with Gasteiger partial charge in [-0.25, -0.2) is 13.9 Å². The highest BCUT2D eigenvalue weighted by molar-refractivity contribution is 6.04. The van der Waals surface area contributed by atoms with E-state index in [4.69, 9.17) is 5.73 Å². The number of hydrogen-bond acceptors (Lipinski definition) is 7. The van der Waals surface area contributed by atoms with E-state index in [-0.39, 0.29) is 46.3 Å². The van der Waals surface area contributed by atoms with Crippen LogP contribution >= 0.6 is 0 Å². The summed E-state index contributed by atoms with van der Waals surface area (Å²) in [6.07, 6.45) is 13.3. The molecule has 1 saturated carbocycles. The van der Waals surface area contributed by atoms with Gasteiger partial charge in [-0.1, -0.05) is 57.1 Å². The van der Waals surface area contributed by atoms with Crippen LogP contribution in [-0.4, -0.2) is 87.6 Å². The zero-order valence-electron chi connectivity index (χ0n) is 25.7. The first-order valence-corrected chi connectivity index (χ1v) is 16.3. The van der Waals surface area contributed by atoms with Crippen LogP contribution in [0.2, 0.25) is 0 Å². The highest BCUT2D eigenvalue weighted by Crippen LogP contribution is 2.40. The Bertz CT molecular complexity index is 1460. The highest BCUT2D eigenvalue weighted by Gasteiger charge is 2.46. The average Bonchev–Trinajstić information content (AvgIpc) is 3.36. The number of nitrogens with two attached hydrogens (primary N) is 1. The minimum atomic E-state index is -0.557. The normalized spacial score (nSPS) is 23.5. The molecule has 1 aliphatic carbocycles. The summed E-state index contributed by atoms with van der Waals surface area (Å²) in [5.74, 6) is -0.791. The molecule has 236 valence electrons. The van der Waals surface area contributed by atoms with Crippen molar-refractivity contribution in [2.24, 2.45) is 0 Å². The van der Waals surface area contributed by atoms with Gasteiger partial charge in [0.1, 0.15) is 5.56 Å². The quantitative estimate of drug-likeness (QED) is 0.412. The van der Waals surface area contributed by atoms with E-state index in [1.165, 1.54) is 42.8 Å². The predicted molar refractivity (Wildman–Crippen MR) is 168 cm³/mol. The number of rotatable bonds is 4. The summed E-state index contributed by atoms with van der Waals surface area (Å²) in [4.78, 5) is 35.6. The molecule has 0 radical (unpaired) electrons. The molecule has 10 nitrogen and oxygen atoms in total. The van der Waals surface area contributed by atoms with E-state index in [1.54, 1.807) is 0 Å². The number of halogens is 1. The number of nitrogens with zero attached hydrogens (tertiary/aromatic N) is 5. The van der Waals surface area contributed by atoms with Crippen molar-refractivity contribution < 1.29 is 14.0 Å².